The molecule has 0 spiro atoms. The van der Waals surface area contributed by atoms with Gasteiger partial charge in [0.15, 0.2) is 5.82 Å². The Balaban J connectivity index is 1.29. The summed E-state index contributed by atoms with van der Waals surface area (Å²) >= 11 is 5.95. The highest BCUT2D eigenvalue weighted by molar-refractivity contribution is 6.30. The SMILES string of the molecule is O=C1CCc2c(ncn(Cc3nc([C@@H]4CO[C@@H](c5ccc(Cl)cc5)C4)no3)c2=O)N1. The highest BCUT2D eigenvalue weighted by Crippen LogP contribution is 2.37. The Morgan fingerprint density at radius 3 is 2.87 bits per heavy atom. The Hall–Kier alpha value is -3.04. The summed E-state index contributed by atoms with van der Waals surface area (Å²) in [5.74, 6) is 1.09. The molecule has 1 aromatic carbocycles. The molecule has 3 aromatic rings. The lowest BCUT2D eigenvalue weighted by Crippen LogP contribution is -2.31. The van der Waals surface area contributed by atoms with E-state index in [0.29, 0.717) is 41.1 Å². The van der Waals surface area contributed by atoms with Gasteiger partial charge in [0, 0.05) is 17.4 Å². The number of hydrogen-bond donors (Lipinski definition) is 1. The fourth-order valence-corrected chi connectivity index (χ4v) is 3.90. The third-order valence-electron chi connectivity index (χ3n) is 5.38. The second-order valence-electron chi connectivity index (χ2n) is 7.41. The van der Waals surface area contributed by atoms with Crippen LogP contribution in [0.25, 0.3) is 0 Å². The summed E-state index contributed by atoms with van der Waals surface area (Å²) < 4.78 is 12.7. The molecule has 0 unspecified atom stereocenters. The van der Waals surface area contributed by atoms with Gasteiger partial charge in [0.2, 0.25) is 11.8 Å². The lowest BCUT2D eigenvalue weighted by Gasteiger charge is -2.15. The van der Waals surface area contributed by atoms with Crippen molar-refractivity contribution in [3.8, 4) is 0 Å². The van der Waals surface area contributed by atoms with Gasteiger partial charge in [0.05, 0.1) is 18.3 Å². The molecule has 5 rings (SSSR count). The second kappa shape index (κ2) is 7.66. The van der Waals surface area contributed by atoms with E-state index < -0.39 is 0 Å². The van der Waals surface area contributed by atoms with Crippen molar-refractivity contribution >= 4 is 23.3 Å². The predicted molar refractivity (Wildman–Crippen MR) is 106 cm³/mol. The van der Waals surface area contributed by atoms with Crippen molar-refractivity contribution in [3.63, 3.8) is 0 Å². The van der Waals surface area contributed by atoms with Crippen LogP contribution in [0.1, 0.15) is 47.7 Å². The number of hydrogen-bond acceptors (Lipinski definition) is 7. The average Bonchev–Trinajstić information content (AvgIpc) is 3.40. The van der Waals surface area contributed by atoms with Crippen LogP contribution in [0.2, 0.25) is 5.02 Å². The quantitative estimate of drug-likeness (QED) is 0.680. The summed E-state index contributed by atoms with van der Waals surface area (Å²) in [6.45, 7) is 0.612. The van der Waals surface area contributed by atoms with Gasteiger partial charge in [-0.2, -0.15) is 4.98 Å². The summed E-state index contributed by atoms with van der Waals surface area (Å²) in [5.41, 5.74) is 1.34. The number of ether oxygens (including phenoxy) is 1. The minimum atomic E-state index is -0.216. The molecule has 0 bridgehead atoms. The zero-order valence-corrected chi connectivity index (χ0v) is 16.6. The van der Waals surface area contributed by atoms with Crippen LogP contribution >= 0.6 is 11.6 Å². The van der Waals surface area contributed by atoms with Gasteiger partial charge in [-0.1, -0.05) is 28.9 Å². The van der Waals surface area contributed by atoms with Crippen molar-refractivity contribution in [1.82, 2.24) is 19.7 Å². The van der Waals surface area contributed by atoms with Crippen LogP contribution in [0.15, 0.2) is 39.9 Å². The van der Waals surface area contributed by atoms with Crippen LogP contribution in [-0.4, -0.2) is 32.2 Å². The molecule has 1 N–H and O–H groups in total. The highest BCUT2D eigenvalue weighted by atomic mass is 35.5. The molecular weight excluding hydrogens is 410 g/mol. The van der Waals surface area contributed by atoms with Gasteiger partial charge in [0.1, 0.15) is 18.7 Å². The molecule has 9 nitrogen and oxygen atoms in total. The van der Waals surface area contributed by atoms with Crippen LogP contribution in [0, 0.1) is 0 Å². The molecule has 0 saturated carbocycles. The molecule has 4 heterocycles. The molecule has 1 fully saturated rings. The molecular formula is C20H18ClN5O4. The number of benzene rings is 1. The summed E-state index contributed by atoms with van der Waals surface area (Å²) in [4.78, 5) is 32.8. The number of nitrogens with zero attached hydrogens (tertiary/aromatic N) is 4. The summed E-state index contributed by atoms with van der Waals surface area (Å²) in [7, 11) is 0. The van der Waals surface area contributed by atoms with Crippen LogP contribution in [0.3, 0.4) is 0 Å². The molecule has 0 aliphatic carbocycles. The highest BCUT2D eigenvalue weighted by Gasteiger charge is 2.31. The van der Waals surface area contributed by atoms with E-state index in [1.807, 2.05) is 24.3 Å². The van der Waals surface area contributed by atoms with Crippen molar-refractivity contribution in [2.75, 3.05) is 11.9 Å². The van der Waals surface area contributed by atoms with E-state index in [1.54, 1.807) is 0 Å². The van der Waals surface area contributed by atoms with E-state index in [2.05, 4.69) is 20.4 Å². The molecule has 2 atom stereocenters. The number of carbonyl (C=O) groups excluding carboxylic acids is 1. The number of anilines is 1. The van der Waals surface area contributed by atoms with Gasteiger partial charge in [-0.3, -0.25) is 14.2 Å². The number of amides is 1. The van der Waals surface area contributed by atoms with E-state index in [9.17, 15) is 9.59 Å². The number of aromatic nitrogens is 4. The Kier molecular flexibility index (Phi) is 4.84. The topological polar surface area (TPSA) is 112 Å². The molecule has 1 saturated heterocycles. The summed E-state index contributed by atoms with van der Waals surface area (Å²) in [5, 5.41) is 7.39. The molecule has 154 valence electrons. The number of halogens is 1. The molecule has 1 amide bonds. The lowest BCUT2D eigenvalue weighted by atomic mass is 10.0. The number of carbonyl (C=O) groups is 1. The zero-order valence-electron chi connectivity index (χ0n) is 15.9. The van der Waals surface area contributed by atoms with E-state index >= 15 is 0 Å². The van der Waals surface area contributed by atoms with Crippen LogP contribution in [-0.2, 0) is 22.5 Å². The monoisotopic (exact) mass is 427 g/mol. The van der Waals surface area contributed by atoms with Gasteiger partial charge in [0.25, 0.3) is 5.56 Å². The third-order valence-corrected chi connectivity index (χ3v) is 5.64. The minimum absolute atomic E-state index is 0.0109. The summed E-state index contributed by atoms with van der Waals surface area (Å²) in [6.07, 6.45) is 2.72. The molecule has 2 aromatic heterocycles. The fraction of sp³-hybridized carbons (Fsp3) is 0.350. The number of rotatable bonds is 4. The smallest absolute Gasteiger partial charge is 0.259 e. The second-order valence-corrected chi connectivity index (χ2v) is 7.84. The minimum Gasteiger partial charge on any atom is -0.373 e. The van der Waals surface area contributed by atoms with Crippen LogP contribution < -0.4 is 10.9 Å². The average molecular weight is 428 g/mol. The van der Waals surface area contributed by atoms with E-state index in [4.69, 9.17) is 20.9 Å². The Morgan fingerprint density at radius 2 is 2.03 bits per heavy atom. The van der Waals surface area contributed by atoms with Crippen molar-refractivity contribution < 1.29 is 14.1 Å². The Bertz CT molecular complexity index is 1160. The first-order chi connectivity index (χ1) is 14.6. The number of fused-ring (bicyclic) bond motifs is 1. The van der Waals surface area contributed by atoms with Crippen LogP contribution in [0.4, 0.5) is 5.82 Å². The Labute approximate surface area is 176 Å². The maximum absolute atomic E-state index is 12.7. The van der Waals surface area contributed by atoms with Gasteiger partial charge in [-0.05, 0) is 30.5 Å². The molecule has 10 heteroatoms. The predicted octanol–water partition coefficient (Wildman–Crippen LogP) is 2.46. The van der Waals surface area contributed by atoms with Crippen LogP contribution in [0.5, 0.6) is 0 Å². The standard InChI is InChI=1S/C20H18ClN5O4/c21-13-3-1-11(2-4-13)15-7-12(9-29-15)18-24-17(30-25-18)8-26-10-22-19-14(20(26)28)5-6-16(27)23-19/h1-4,10,12,15H,5-9H2,(H,23,27)/t12-,15+/m0/s1. The van der Waals surface area contributed by atoms with Gasteiger partial charge in [-0.25, -0.2) is 4.98 Å². The van der Waals surface area contributed by atoms with Crippen molar-refractivity contribution in [3.05, 3.63) is 68.8 Å². The van der Waals surface area contributed by atoms with Gasteiger partial charge >= 0.3 is 0 Å². The van der Waals surface area contributed by atoms with Gasteiger partial charge in [-0.15, -0.1) is 0 Å². The third kappa shape index (κ3) is 3.61. The molecule has 2 aliphatic heterocycles. The first-order valence-electron chi connectivity index (χ1n) is 9.64. The molecule has 30 heavy (non-hydrogen) atoms. The van der Waals surface area contributed by atoms with E-state index in [-0.39, 0.29) is 36.5 Å². The van der Waals surface area contributed by atoms with Crippen molar-refractivity contribution in [2.45, 2.75) is 37.8 Å². The molecule has 2 aliphatic rings. The van der Waals surface area contributed by atoms with Gasteiger partial charge < -0.3 is 14.6 Å². The van der Waals surface area contributed by atoms with Crippen molar-refractivity contribution in [1.29, 1.82) is 0 Å². The van der Waals surface area contributed by atoms with E-state index in [1.165, 1.54) is 10.9 Å². The largest absolute Gasteiger partial charge is 0.373 e. The summed E-state index contributed by atoms with van der Waals surface area (Å²) in [6, 6.07) is 7.59. The van der Waals surface area contributed by atoms with Crippen molar-refractivity contribution in [2.24, 2.45) is 0 Å². The van der Waals surface area contributed by atoms with E-state index in [0.717, 1.165) is 12.0 Å². The first-order valence-corrected chi connectivity index (χ1v) is 10.0. The maximum atomic E-state index is 12.7. The zero-order chi connectivity index (χ0) is 20.7. The lowest BCUT2D eigenvalue weighted by molar-refractivity contribution is -0.116. The Morgan fingerprint density at radius 1 is 1.20 bits per heavy atom. The first kappa shape index (κ1) is 19.0. The molecule has 0 radical (unpaired) electrons. The number of nitrogens with one attached hydrogen (secondary N) is 1. The normalized spacial score (nSPS) is 20.8. The maximum Gasteiger partial charge on any atom is 0.259 e. The fourth-order valence-electron chi connectivity index (χ4n) is 3.77.